The van der Waals surface area contributed by atoms with Gasteiger partial charge in [0.05, 0.1) is 5.69 Å². The van der Waals surface area contributed by atoms with Gasteiger partial charge in [-0.1, -0.05) is 12.1 Å². The average molecular weight is 402 g/mol. The number of anilines is 1. The van der Waals surface area contributed by atoms with Gasteiger partial charge < -0.3 is 5.32 Å². The lowest BCUT2D eigenvalue weighted by molar-refractivity contribution is 0.102. The van der Waals surface area contributed by atoms with Crippen LogP contribution < -0.4 is 5.32 Å². The first-order valence-corrected chi connectivity index (χ1v) is 10.6. The lowest BCUT2D eigenvalue weighted by Gasteiger charge is -2.31. The number of nitrogens with one attached hydrogen (secondary N) is 1. The first kappa shape index (κ1) is 20.2. The molecule has 154 valence electrons. The highest BCUT2D eigenvalue weighted by molar-refractivity contribution is 6.02. The Morgan fingerprint density at radius 2 is 1.77 bits per heavy atom. The van der Waals surface area contributed by atoms with E-state index in [1.807, 2.05) is 24.4 Å². The van der Waals surface area contributed by atoms with Crippen LogP contribution in [-0.2, 0) is 13.0 Å². The van der Waals surface area contributed by atoms with Gasteiger partial charge in [0, 0.05) is 25.1 Å². The molecule has 0 aromatic carbocycles. The van der Waals surface area contributed by atoms with E-state index in [2.05, 4.69) is 37.3 Å². The van der Waals surface area contributed by atoms with Crippen LogP contribution in [0.3, 0.4) is 0 Å². The first-order valence-electron chi connectivity index (χ1n) is 10.6. The first-order chi connectivity index (χ1) is 14.8. The molecule has 0 atom stereocenters. The summed E-state index contributed by atoms with van der Waals surface area (Å²) in [6.45, 7) is 3.20. The van der Waals surface area contributed by atoms with Gasteiger partial charge in [-0.2, -0.15) is 0 Å². The van der Waals surface area contributed by atoms with Crippen LogP contribution in [0, 0.1) is 5.92 Å². The maximum absolute atomic E-state index is 12.3. The zero-order chi connectivity index (χ0) is 20.6. The molecular formula is C24H27N5O. The highest BCUT2D eigenvalue weighted by Gasteiger charge is 2.19. The van der Waals surface area contributed by atoms with Crippen LogP contribution in [0.25, 0.3) is 0 Å². The van der Waals surface area contributed by atoms with Crippen molar-refractivity contribution in [2.75, 3.05) is 18.4 Å². The van der Waals surface area contributed by atoms with Crippen LogP contribution >= 0.6 is 0 Å². The third kappa shape index (κ3) is 5.70. The Hall–Kier alpha value is -3.12. The second-order valence-corrected chi connectivity index (χ2v) is 7.80. The molecule has 0 radical (unpaired) electrons. The van der Waals surface area contributed by atoms with E-state index in [1.165, 1.54) is 18.4 Å². The number of pyridine rings is 3. The number of carbonyl (C=O) groups is 1. The third-order valence-corrected chi connectivity index (χ3v) is 5.62. The Morgan fingerprint density at radius 3 is 2.50 bits per heavy atom. The molecule has 30 heavy (non-hydrogen) atoms. The second kappa shape index (κ2) is 10.1. The third-order valence-electron chi connectivity index (χ3n) is 5.62. The summed E-state index contributed by atoms with van der Waals surface area (Å²) in [6.07, 6.45) is 9.85. The smallest absolute Gasteiger partial charge is 0.275 e. The average Bonchev–Trinajstić information content (AvgIpc) is 2.80. The SMILES string of the molecule is O=C(Nc1cc(CCC2CCN(Cc3ccccn3)CC2)ccn1)c1ccccn1. The van der Waals surface area contributed by atoms with Gasteiger partial charge in [-0.25, -0.2) is 4.98 Å². The molecule has 4 rings (SSSR count). The van der Waals surface area contributed by atoms with Crippen LogP contribution in [0.5, 0.6) is 0 Å². The molecule has 3 aromatic rings. The van der Waals surface area contributed by atoms with Gasteiger partial charge in [0.1, 0.15) is 11.5 Å². The van der Waals surface area contributed by atoms with Crippen molar-refractivity contribution >= 4 is 11.7 Å². The molecule has 0 saturated carbocycles. The molecule has 1 fully saturated rings. The Kier molecular flexibility index (Phi) is 6.77. The van der Waals surface area contributed by atoms with Crippen LogP contribution in [0.4, 0.5) is 5.82 Å². The highest BCUT2D eigenvalue weighted by Crippen LogP contribution is 2.23. The number of aromatic nitrogens is 3. The molecule has 1 aliphatic heterocycles. The number of hydrogen-bond donors (Lipinski definition) is 1. The number of piperidine rings is 1. The summed E-state index contributed by atoms with van der Waals surface area (Å²) in [5, 5.41) is 2.84. The van der Waals surface area contributed by atoms with E-state index in [9.17, 15) is 4.79 Å². The second-order valence-electron chi connectivity index (χ2n) is 7.80. The van der Waals surface area contributed by atoms with E-state index in [4.69, 9.17) is 0 Å². The predicted molar refractivity (Wildman–Crippen MR) is 117 cm³/mol. The zero-order valence-electron chi connectivity index (χ0n) is 17.1. The molecule has 0 spiro atoms. The molecule has 1 saturated heterocycles. The number of likely N-dealkylation sites (tertiary alicyclic amines) is 1. The van der Waals surface area contributed by atoms with E-state index >= 15 is 0 Å². The monoisotopic (exact) mass is 401 g/mol. The maximum Gasteiger partial charge on any atom is 0.275 e. The Balaban J connectivity index is 1.24. The van der Waals surface area contributed by atoms with Crippen molar-refractivity contribution in [2.45, 2.75) is 32.2 Å². The number of amides is 1. The number of aryl methyl sites for hydroxylation is 1. The van der Waals surface area contributed by atoms with Crippen molar-refractivity contribution in [3.63, 3.8) is 0 Å². The van der Waals surface area contributed by atoms with Crippen molar-refractivity contribution < 1.29 is 4.79 Å². The predicted octanol–water partition coefficient (Wildman–Crippen LogP) is 3.97. The fourth-order valence-electron chi connectivity index (χ4n) is 3.90. The lowest BCUT2D eigenvalue weighted by Crippen LogP contribution is -2.33. The molecular weight excluding hydrogens is 374 g/mol. The molecule has 6 heteroatoms. The summed E-state index contributed by atoms with van der Waals surface area (Å²) in [7, 11) is 0. The van der Waals surface area contributed by atoms with Gasteiger partial charge in [-0.3, -0.25) is 19.7 Å². The normalized spacial score (nSPS) is 15.1. The maximum atomic E-state index is 12.3. The summed E-state index contributed by atoms with van der Waals surface area (Å²) in [4.78, 5) is 27.6. The van der Waals surface area contributed by atoms with Crippen molar-refractivity contribution in [1.29, 1.82) is 0 Å². The van der Waals surface area contributed by atoms with Crippen molar-refractivity contribution in [1.82, 2.24) is 19.9 Å². The standard InChI is InChI=1S/C24H27N5O/c30-24(22-6-2-4-13-26-22)28-23-17-20(9-14-27-23)8-7-19-10-15-29(16-11-19)18-21-5-1-3-12-25-21/h1-6,9,12-14,17,19H,7-8,10-11,15-16,18H2,(H,27,28,30). The molecule has 0 aliphatic carbocycles. The molecule has 0 unspecified atom stereocenters. The molecule has 1 aliphatic rings. The van der Waals surface area contributed by atoms with Gasteiger partial charge >= 0.3 is 0 Å². The molecule has 4 heterocycles. The van der Waals surface area contributed by atoms with E-state index < -0.39 is 0 Å². The molecule has 6 nitrogen and oxygen atoms in total. The topological polar surface area (TPSA) is 71.0 Å². The molecule has 3 aromatic heterocycles. The number of carbonyl (C=O) groups excluding carboxylic acids is 1. The summed E-state index contributed by atoms with van der Waals surface area (Å²) >= 11 is 0. The van der Waals surface area contributed by atoms with Gasteiger partial charge in [0.15, 0.2) is 0 Å². The molecule has 1 amide bonds. The van der Waals surface area contributed by atoms with Gasteiger partial charge in [-0.05, 0) is 86.7 Å². The minimum atomic E-state index is -0.236. The van der Waals surface area contributed by atoms with Crippen molar-refractivity contribution in [2.24, 2.45) is 5.92 Å². The summed E-state index contributed by atoms with van der Waals surface area (Å²) in [6, 6.07) is 15.4. The van der Waals surface area contributed by atoms with Crippen molar-refractivity contribution in [3.05, 3.63) is 84.1 Å². The Morgan fingerprint density at radius 1 is 0.967 bits per heavy atom. The molecule has 0 bridgehead atoms. The van der Waals surface area contributed by atoms with Gasteiger partial charge in [0.25, 0.3) is 5.91 Å². The van der Waals surface area contributed by atoms with E-state index in [-0.39, 0.29) is 5.91 Å². The van der Waals surface area contributed by atoms with E-state index in [1.54, 1.807) is 30.6 Å². The quantitative estimate of drug-likeness (QED) is 0.649. The largest absolute Gasteiger partial charge is 0.305 e. The van der Waals surface area contributed by atoms with Gasteiger partial charge in [-0.15, -0.1) is 0 Å². The lowest BCUT2D eigenvalue weighted by atomic mass is 9.90. The minimum Gasteiger partial charge on any atom is -0.305 e. The van der Waals surface area contributed by atoms with Crippen LogP contribution in [-0.4, -0.2) is 38.8 Å². The summed E-state index contributed by atoms with van der Waals surface area (Å²) in [5.41, 5.74) is 2.74. The fraction of sp³-hybridized carbons (Fsp3) is 0.333. The number of rotatable bonds is 7. The summed E-state index contributed by atoms with van der Waals surface area (Å²) < 4.78 is 0. The molecule has 1 N–H and O–H groups in total. The zero-order valence-corrected chi connectivity index (χ0v) is 17.1. The highest BCUT2D eigenvalue weighted by atomic mass is 16.1. The minimum absolute atomic E-state index is 0.236. The Bertz CT molecular complexity index is 940. The number of nitrogens with zero attached hydrogens (tertiary/aromatic N) is 4. The van der Waals surface area contributed by atoms with E-state index in [0.717, 1.165) is 44.1 Å². The van der Waals surface area contributed by atoms with Gasteiger partial charge in [0.2, 0.25) is 0 Å². The van der Waals surface area contributed by atoms with Crippen LogP contribution in [0.1, 0.15) is 41.0 Å². The number of hydrogen-bond acceptors (Lipinski definition) is 5. The Labute approximate surface area is 177 Å². The summed E-state index contributed by atoms with van der Waals surface area (Å²) in [5.74, 6) is 1.08. The van der Waals surface area contributed by atoms with E-state index in [0.29, 0.717) is 11.5 Å². The van der Waals surface area contributed by atoms with Crippen LogP contribution in [0.15, 0.2) is 67.1 Å². The van der Waals surface area contributed by atoms with Crippen molar-refractivity contribution in [3.8, 4) is 0 Å². The fourth-order valence-corrected chi connectivity index (χ4v) is 3.90. The van der Waals surface area contributed by atoms with Crippen LogP contribution in [0.2, 0.25) is 0 Å².